The van der Waals surface area contributed by atoms with E-state index in [9.17, 15) is 31.0 Å². The molecule has 0 saturated carbocycles. The van der Waals surface area contributed by atoms with Crippen molar-refractivity contribution in [2.24, 2.45) is 0 Å². The molecule has 6 aromatic heterocycles. The average molecular weight is 1020 g/mol. The molecule has 0 aliphatic carbocycles. The molecule has 0 saturated heterocycles. The minimum Gasteiger partial charge on any atom is -0.454 e. The van der Waals surface area contributed by atoms with Gasteiger partial charge in [0.2, 0.25) is 5.69 Å². The van der Waals surface area contributed by atoms with E-state index in [-0.39, 0.29) is 33.4 Å². The molecule has 78 heavy (non-hydrogen) atoms. The minimum absolute atomic E-state index is 0.278. The summed E-state index contributed by atoms with van der Waals surface area (Å²) in [7, 11) is 0. The van der Waals surface area contributed by atoms with Crippen molar-refractivity contribution in [2.45, 2.75) is 13.7 Å². The molecule has 8 heteroatoms. The molecule has 0 amide bonds. The maximum absolute atomic E-state index is 13.1. The fourth-order valence-corrected chi connectivity index (χ4v) is 11.8. The van der Waals surface area contributed by atoms with Crippen molar-refractivity contribution in [3.8, 4) is 28.8 Å². The summed E-state index contributed by atoms with van der Waals surface area (Å²) in [6, 6.07) is 14.7. The Balaban J connectivity index is 1.28. The van der Waals surface area contributed by atoms with E-state index in [2.05, 4.69) is 10.9 Å². The summed E-state index contributed by atoms with van der Waals surface area (Å²) in [6.07, 6.45) is 0. The normalized spacial score (nSPS) is 16.9. The van der Waals surface area contributed by atoms with E-state index in [0.717, 1.165) is 4.57 Å². The van der Waals surface area contributed by atoms with E-state index in [1.54, 1.807) is 106 Å². The van der Waals surface area contributed by atoms with E-state index >= 15 is 0 Å². The van der Waals surface area contributed by atoms with Gasteiger partial charge >= 0.3 is 0 Å². The summed E-state index contributed by atoms with van der Waals surface area (Å²) in [5.74, 6) is 0. The van der Waals surface area contributed by atoms with Crippen LogP contribution in [-0.2, 0) is 0 Å². The summed E-state index contributed by atoms with van der Waals surface area (Å²) in [5.41, 5.74) is -8.24. The molecule has 17 rings (SSSR count). The summed E-state index contributed by atoms with van der Waals surface area (Å²) in [6.45, 7) is 3.35. The highest BCUT2D eigenvalue weighted by molar-refractivity contribution is 6.25. The summed E-state index contributed by atoms with van der Waals surface area (Å²) >= 11 is 0. The second-order valence-electron chi connectivity index (χ2n) is 18.7. The molecule has 0 spiro atoms. The summed E-state index contributed by atoms with van der Waals surface area (Å²) < 4.78 is 244. The Kier molecular flexibility index (Phi) is 5.06. The standard InChI is InChI=1S/C70H40N6O2/c1-39-28-34-58-51(36-39)47-30-32-49-45-20-8-14-26-60(45)77-69(49)65(47)75(58)63-53(38-71)64(73-54-22-10-4-16-41(54)42-17-5-11-23-55(42)73)68(67(62(63)72-3)74-56-24-12-6-18-43(56)44-19-7-13-25-57(44)74)76-59-35-29-40(2)37-52(59)48-31-33-50-46-21-9-15-27-61(46)78-70(50)66(48)76/h4-37H,1-2H3/i1D3,2D3,8D,9D,14D,15D,20D,21D,26D,27D,28D,29D,30D,31D,32D,33D,34D,35D,36D,37D. The fourth-order valence-electron chi connectivity index (χ4n) is 11.8. The van der Waals surface area contributed by atoms with Gasteiger partial charge < -0.3 is 27.1 Å². The van der Waals surface area contributed by atoms with Crippen LogP contribution < -0.4 is 0 Å². The van der Waals surface area contributed by atoms with E-state index in [1.807, 2.05) is 0 Å². The number of rotatable bonds is 4. The van der Waals surface area contributed by atoms with Crippen molar-refractivity contribution < 1.29 is 41.7 Å². The predicted molar refractivity (Wildman–Crippen MR) is 319 cm³/mol. The third kappa shape index (κ3) is 5.39. The molecule has 0 aliphatic rings. The number of nitriles is 1. The van der Waals surface area contributed by atoms with Gasteiger partial charge in [-0.15, -0.1) is 0 Å². The first-order valence-corrected chi connectivity index (χ1v) is 24.2. The van der Waals surface area contributed by atoms with Gasteiger partial charge in [0.15, 0.2) is 11.2 Å². The number of hydrogen-bond donors (Lipinski definition) is 0. The van der Waals surface area contributed by atoms with Gasteiger partial charge in [0.05, 0.1) is 104 Å². The molecule has 362 valence electrons. The van der Waals surface area contributed by atoms with Crippen LogP contribution in [0.25, 0.3) is 159 Å². The van der Waals surface area contributed by atoms with Gasteiger partial charge in [0, 0.05) is 72.9 Å². The lowest BCUT2D eigenvalue weighted by Gasteiger charge is -2.27. The number of para-hydroxylation sites is 6. The van der Waals surface area contributed by atoms with Crippen LogP contribution in [0.4, 0.5) is 5.69 Å². The maximum atomic E-state index is 13.1. The zero-order valence-electron chi connectivity index (χ0n) is 63.7. The highest BCUT2D eigenvalue weighted by Gasteiger charge is 2.36. The predicted octanol–water partition coefficient (Wildman–Crippen LogP) is 18.9. The lowest BCUT2D eigenvalue weighted by atomic mass is 10.0. The number of fused-ring (bicyclic) bond motifs is 20. The van der Waals surface area contributed by atoms with Crippen molar-refractivity contribution in [3.63, 3.8) is 0 Å². The molecule has 0 fully saturated rings. The van der Waals surface area contributed by atoms with Crippen LogP contribution in [-0.4, -0.2) is 18.3 Å². The maximum Gasteiger partial charge on any atom is 0.237 e. The van der Waals surface area contributed by atoms with Crippen molar-refractivity contribution in [1.82, 2.24) is 18.3 Å². The van der Waals surface area contributed by atoms with Gasteiger partial charge in [-0.3, -0.25) is 0 Å². The van der Waals surface area contributed by atoms with Crippen molar-refractivity contribution in [3.05, 3.63) is 234 Å². The molecule has 0 atom stereocenters. The van der Waals surface area contributed by atoms with Crippen LogP contribution in [0.3, 0.4) is 0 Å². The van der Waals surface area contributed by atoms with Gasteiger partial charge in [-0.1, -0.05) is 144 Å². The Hall–Kier alpha value is -10.8. The Morgan fingerprint density at radius 1 is 0.423 bits per heavy atom. The van der Waals surface area contributed by atoms with Gasteiger partial charge in [-0.2, -0.15) is 5.26 Å². The molecule has 0 N–H and O–H groups in total. The minimum atomic E-state index is -3.34. The molecule has 0 unspecified atom stereocenters. The summed E-state index contributed by atoms with van der Waals surface area (Å²) in [4.78, 5) is 4.41. The van der Waals surface area contributed by atoms with Gasteiger partial charge in [-0.05, 0) is 86.3 Å². The van der Waals surface area contributed by atoms with Crippen molar-refractivity contribution in [1.29, 1.82) is 5.26 Å². The molecule has 0 aliphatic heterocycles. The number of nitrogens with zero attached hydrogens (tertiary/aromatic N) is 6. The van der Waals surface area contributed by atoms with Gasteiger partial charge in [0.25, 0.3) is 0 Å². The van der Waals surface area contributed by atoms with Gasteiger partial charge in [-0.25, -0.2) is 4.85 Å². The topological polar surface area (TPSA) is 74.1 Å². The van der Waals surface area contributed by atoms with Crippen LogP contribution in [0, 0.1) is 31.6 Å². The Labute approximate surface area is 477 Å². The van der Waals surface area contributed by atoms with Crippen LogP contribution in [0.5, 0.6) is 0 Å². The zero-order valence-corrected chi connectivity index (χ0v) is 39.7. The second kappa shape index (κ2) is 15.4. The quantitative estimate of drug-likeness (QED) is 0.165. The van der Waals surface area contributed by atoms with E-state index in [4.69, 9.17) is 22.5 Å². The third-order valence-electron chi connectivity index (χ3n) is 14.8. The molecular formula is C70H40N6O2. The van der Waals surface area contributed by atoms with Crippen LogP contribution in [0.2, 0.25) is 0 Å². The van der Waals surface area contributed by atoms with E-state index in [1.165, 1.54) is 4.57 Å². The van der Waals surface area contributed by atoms with Crippen LogP contribution >= 0.6 is 0 Å². The summed E-state index contributed by atoms with van der Waals surface area (Å²) in [5, 5.41) is 11.2. The number of aromatic nitrogens is 4. The lowest BCUT2D eigenvalue weighted by Crippen LogP contribution is -2.14. The molecule has 8 nitrogen and oxygen atoms in total. The first kappa shape index (κ1) is 25.6. The van der Waals surface area contributed by atoms with E-state index in [0.29, 0.717) is 21.5 Å². The molecular weight excluding hydrogens is 957 g/mol. The lowest BCUT2D eigenvalue weighted by molar-refractivity contribution is 0.670. The molecule has 11 aromatic carbocycles. The Morgan fingerprint density at radius 3 is 1.29 bits per heavy atom. The molecule has 6 heterocycles. The first-order chi connectivity index (χ1) is 48.4. The smallest absolute Gasteiger partial charge is 0.237 e. The largest absolute Gasteiger partial charge is 0.454 e. The molecule has 0 bridgehead atoms. The molecule has 17 aromatic rings. The SMILES string of the molecule is [2H]c1c([2H])c([2H])c2c(oc3c2c([2H])c([2H])c2c4c([2H])c(C([2H])([2H])[2H])c([2H])c([2H])c4n(-c4c(C#N)c(-n5c6ccccc6c6ccccc65)c(-n5c6c([2H])c([2H])c(C([2H])([2H])[2H])c([2H])c6c6c([2H])c([2H])c7c(oc8c([2H])c([2H])c([2H])c([2H])c87)c65)c(-n5c6ccccc6c6ccccc65)c4[N+]#[C-])c32)c1[2H]. The Morgan fingerprint density at radius 2 is 0.846 bits per heavy atom. The van der Waals surface area contributed by atoms with Crippen LogP contribution in [0.15, 0.2) is 215 Å². The number of furan rings is 2. The first-order valence-electron chi connectivity index (χ1n) is 36.2. The third-order valence-corrected chi connectivity index (χ3v) is 14.8. The van der Waals surface area contributed by atoms with Crippen LogP contribution in [0.1, 0.15) is 49.6 Å². The second-order valence-corrected chi connectivity index (χ2v) is 18.7. The molecule has 0 radical (unpaired) electrons. The van der Waals surface area contributed by atoms with Gasteiger partial charge in [0.1, 0.15) is 17.2 Å². The highest BCUT2D eigenvalue weighted by Crippen LogP contribution is 2.53. The number of hydrogen-bond acceptors (Lipinski definition) is 3. The highest BCUT2D eigenvalue weighted by atomic mass is 16.3. The monoisotopic (exact) mass is 1020 g/mol. The van der Waals surface area contributed by atoms with Crippen molar-refractivity contribution >= 4 is 137 Å². The number of benzene rings is 11. The van der Waals surface area contributed by atoms with Crippen molar-refractivity contribution in [2.75, 3.05) is 0 Å². The van der Waals surface area contributed by atoms with E-state index < -0.39 is 244 Å². The zero-order chi connectivity index (χ0) is 72.3. The average Bonchev–Trinajstić information content (AvgIpc) is 1.50. The Bertz CT molecular complexity index is 6730. The fraction of sp³-hybridized carbons (Fsp3) is 0.0286.